The quantitative estimate of drug-likeness (QED) is 0.834. The van der Waals surface area contributed by atoms with E-state index in [1.165, 1.54) is 24.9 Å². The average molecular weight is 289 g/mol. The predicted molar refractivity (Wildman–Crippen MR) is 90.1 cm³/mol. The third kappa shape index (κ3) is 1.43. The van der Waals surface area contributed by atoms with Crippen molar-refractivity contribution in [3.63, 3.8) is 0 Å². The predicted octanol–water partition coefficient (Wildman–Crippen LogP) is 4.09. The molecule has 2 bridgehead atoms. The van der Waals surface area contributed by atoms with Crippen LogP contribution in [-0.2, 0) is 5.41 Å². The number of nitrogens with one attached hydrogen (secondary N) is 1. The van der Waals surface area contributed by atoms with E-state index in [-0.39, 0.29) is 5.41 Å². The Morgan fingerprint density at radius 2 is 1.77 bits per heavy atom. The molecule has 1 heterocycles. The van der Waals surface area contributed by atoms with Gasteiger partial charge in [-0.05, 0) is 60.8 Å². The van der Waals surface area contributed by atoms with Gasteiger partial charge >= 0.3 is 0 Å². The monoisotopic (exact) mass is 289 g/mol. The second-order valence-corrected chi connectivity index (χ2v) is 7.46. The highest BCUT2D eigenvalue weighted by atomic mass is 15.0. The highest BCUT2D eigenvalue weighted by Gasteiger charge is 2.59. The lowest BCUT2D eigenvalue weighted by molar-refractivity contribution is 0.118. The van der Waals surface area contributed by atoms with E-state index in [1.807, 2.05) is 0 Å². The molecule has 3 aliphatic carbocycles. The highest BCUT2D eigenvalue weighted by Crippen LogP contribution is 2.63. The summed E-state index contributed by atoms with van der Waals surface area (Å²) in [7, 11) is 0. The number of fused-ring (bicyclic) bond motifs is 1. The molecule has 5 atom stereocenters. The van der Waals surface area contributed by atoms with Gasteiger partial charge in [0.05, 0.1) is 0 Å². The number of benzene rings is 2. The summed E-state index contributed by atoms with van der Waals surface area (Å²) in [5.41, 5.74) is 5.01. The molecule has 1 aliphatic heterocycles. The van der Waals surface area contributed by atoms with Crippen LogP contribution in [0.25, 0.3) is 0 Å². The molecule has 4 aliphatic rings. The molecule has 1 heteroatoms. The Bertz CT molecular complexity index is 707. The summed E-state index contributed by atoms with van der Waals surface area (Å²) in [5.74, 6) is 2.31. The smallest absolute Gasteiger partial charge is 0.0252 e. The maximum Gasteiger partial charge on any atom is 0.0252 e. The first-order chi connectivity index (χ1) is 10.8. The number of hydrogen-bond donors (Lipinski definition) is 1. The number of rotatable bonds is 1. The van der Waals surface area contributed by atoms with E-state index in [9.17, 15) is 0 Å². The molecule has 1 N–H and O–H groups in total. The van der Waals surface area contributed by atoms with E-state index in [0.29, 0.717) is 6.04 Å². The van der Waals surface area contributed by atoms with Crippen molar-refractivity contribution in [3.8, 4) is 0 Å². The Morgan fingerprint density at radius 3 is 2.64 bits per heavy atom. The summed E-state index contributed by atoms with van der Waals surface area (Å²) in [6.07, 6.45) is 2.66. The van der Waals surface area contributed by atoms with Gasteiger partial charge in [0.25, 0.3) is 0 Å². The first-order valence-electron chi connectivity index (χ1n) is 8.71. The summed E-state index contributed by atoms with van der Waals surface area (Å²) in [6.45, 7) is 3.60. The van der Waals surface area contributed by atoms with Crippen molar-refractivity contribution in [2.24, 2.45) is 11.8 Å². The Labute approximate surface area is 132 Å². The van der Waals surface area contributed by atoms with Gasteiger partial charge in [-0.3, -0.25) is 0 Å². The molecule has 6 rings (SSSR count). The van der Waals surface area contributed by atoms with E-state index in [4.69, 9.17) is 0 Å². The summed E-state index contributed by atoms with van der Waals surface area (Å²) >= 11 is 0. The van der Waals surface area contributed by atoms with Crippen molar-refractivity contribution >= 4 is 0 Å². The van der Waals surface area contributed by atoms with Crippen LogP contribution < -0.4 is 5.32 Å². The molecule has 0 amide bonds. The first-order valence-corrected chi connectivity index (χ1v) is 8.71. The van der Waals surface area contributed by atoms with Crippen LogP contribution in [0, 0.1) is 11.8 Å². The van der Waals surface area contributed by atoms with E-state index in [1.54, 1.807) is 11.1 Å². The van der Waals surface area contributed by atoms with E-state index < -0.39 is 0 Å². The molecular weight excluding hydrogens is 266 g/mol. The van der Waals surface area contributed by atoms with Crippen molar-refractivity contribution in [1.82, 2.24) is 5.32 Å². The Balaban J connectivity index is 1.83. The largest absolute Gasteiger partial charge is 0.314 e. The van der Waals surface area contributed by atoms with Crippen LogP contribution in [0.4, 0.5) is 0 Å². The zero-order chi connectivity index (χ0) is 14.7. The van der Waals surface area contributed by atoms with Crippen LogP contribution in [0.3, 0.4) is 0 Å². The topological polar surface area (TPSA) is 12.0 Å². The van der Waals surface area contributed by atoms with Gasteiger partial charge < -0.3 is 5.32 Å². The van der Waals surface area contributed by atoms with Crippen LogP contribution in [0.5, 0.6) is 0 Å². The van der Waals surface area contributed by atoms with Crippen molar-refractivity contribution in [1.29, 1.82) is 0 Å². The molecule has 112 valence electrons. The molecule has 2 aromatic carbocycles. The fourth-order valence-electron chi connectivity index (χ4n) is 6.05. The van der Waals surface area contributed by atoms with Crippen molar-refractivity contribution < 1.29 is 0 Å². The summed E-state index contributed by atoms with van der Waals surface area (Å²) in [6, 6.07) is 21.2. The van der Waals surface area contributed by atoms with Crippen molar-refractivity contribution in [2.75, 3.05) is 6.54 Å². The SMILES string of the molecule is CC1NCC2C3CCC(c4ccccc4)(c4ccccc43)C12. The Kier molecular flexibility index (Phi) is 2.61. The van der Waals surface area contributed by atoms with Crippen molar-refractivity contribution in [3.05, 3.63) is 71.3 Å². The van der Waals surface area contributed by atoms with Crippen LogP contribution in [0.15, 0.2) is 54.6 Å². The molecule has 22 heavy (non-hydrogen) atoms. The van der Waals surface area contributed by atoms with Crippen LogP contribution in [0.2, 0.25) is 0 Å². The maximum absolute atomic E-state index is 3.79. The molecule has 2 aromatic rings. The molecule has 1 nitrogen and oxygen atoms in total. The van der Waals surface area contributed by atoms with Crippen LogP contribution in [0.1, 0.15) is 42.4 Å². The zero-order valence-electron chi connectivity index (χ0n) is 13.1. The minimum atomic E-state index is 0.222. The minimum Gasteiger partial charge on any atom is -0.314 e. The van der Waals surface area contributed by atoms with E-state index in [2.05, 4.69) is 66.8 Å². The van der Waals surface area contributed by atoms with Gasteiger partial charge in [0.2, 0.25) is 0 Å². The Hall–Kier alpha value is -1.60. The molecule has 5 unspecified atom stereocenters. The minimum absolute atomic E-state index is 0.222. The van der Waals surface area contributed by atoms with Gasteiger partial charge in [-0.1, -0.05) is 54.6 Å². The van der Waals surface area contributed by atoms with Gasteiger partial charge in [-0.2, -0.15) is 0 Å². The first kappa shape index (κ1) is 12.9. The lowest BCUT2D eigenvalue weighted by Gasteiger charge is -2.56. The molecule has 0 radical (unpaired) electrons. The molecule has 0 aromatic heterocycles. The highest BCUT2D eigenvalue weighted by molar-refractivity contribution is 5.52. The Morgan fingerprint density at radius 1 is 1.00 bits per heavy atom. The van der Waals surface area contributed by atoms with Gasteiger partial charge in [-0.25, -0.2) is 0 Å². The fraction of sp³-hybridized carbons (Fsp3) is 0.429. The molecular formula is C21H23N. The van der Waals surface area contributed by atoms with E-state index >= 15 is 0 Å². The molecule has 1 saturated heterocycles. The third-order valence-electron chi connectivity index (χ3n) is 6.74. The average Bonchev–Trinajstić information content (AvgIpc) is 3.00. The van der Waals surface area contributed by atoms with Crippen molar-refractivity contribution in [2.45, 2.75) is 37.1 Å². The van der Waals surface area contributed by atoms with Gasteiger partial charge in [0.15, 0.2) is 0 Å². The lowest BCUT2D eigenvalue weighted by Crippen LogP contribution is -2.53. The molecule has 1 saturated carbocycles. The van der Waals surface area contributed by atoms with Gasteiger partial charge in [0, 0.05) is 11.5 Å². The third-order valence-corrected chi connectivity index (χ3v) is 6.74. The maximum atomic E-state index is 3.79. The lowest BCUT2D eigenvalue weighted by atomic mass is 9.46. The molecule has 0 spiro atoms. The number of hydrogen-bond acceptors (Lipinski definition) is 1. The molecule has 2 fully saturated rings. The van der Waals surface area contributed by atoms with Gasteiger partial charge in [-0.15, -0.1) is 0 Å². The zero-order valence-corrected chi connectivity index (χ0v) is 13.1. The summed E-state index contributed by atoms with van der Waals surface area (Å²) < 4.78 is 0. The second-order valence-electron chi connectivity index (χ2n) is 7.46. The van der Waals surface area contributed by atoms with Gasteiger partial charge in [0.1, 0.15) is 0 Å². The second kappa shape index (κ2) is 4.45. The fourth-order valence-corrected chi connectivity index (χ4v) is 6.05. The van der Waals surface area contributed by atoms with Crippen LogP contribution in [-0.4, -0.2) is 12.6 Å². The van der Waals surface area contributed by atoms with E-state index in [0.717, 1.165) is 17.8 Å². The normalized spacial score (nSPS) is 38.6. The standard InChI is InChI=1S/C21H23N/c1-14-20-18(13-22-14)16-11-12-21(20,15-7-3-2-4-8-15)19-10-6-5-9-17(16)19/h2-10,14,16,18,20,22H,11-13H2,1H3. The summed E-state index contributed by atoms with van der Waals surface area (Å²) in [4.78, 5) is 0. The summed E-state index contributed by atoms with van der Waals surface area (Å²) in [5, 5.41) is 3.79. The van der Waals surface area contributed by atoms with Crippen LogP contribution >= 0.6 is 0 Å².